The van der Waals surface area contributed by atoms with E-state index in [4.69, 9.17) is 5.73 Å². The molecular formula is C9H14BrN3. The molecule has 0 aliphatic rings. The normalized spacial score (nSPS) is 12.6. The van der Waals surface area contributed by atoms with Gasteiger partial charge in [0.1, 0.15) is 5.82 Å². The van der Waals surface area contributed by atoms with E-state index in [2.05, 4.69) is 26.2 Å². The van der Waals surface area contributed by atoms with Crippen molar-refractivity contribution in [1.82, 2.24) is 4.98 Å². The molecule has 0 aliphatic heterocycles. The fraction of sp³-hybridized carbons (Fsp3) is 0.444. The highest BCUT2D eigenvalue weighted by atomic mass is 79.9. The minimum atomic E-state index is 0.257. The van der Waals surface area contributed by atoms with Crippen LogP contribution in [-0.4, -0.2) is 17.6 Å². The van der Waals surface area contributed by atoms with Gasteiger partial charge in [-0.05, 0) is 41.4 Å². The number of halogens is 1. The van der Waals surface area contributed by atoms with Crippen molar-refractivity contribution in [2.24, 2.45) is 5.73 Å². The molecule has 0 spiro atoms. The molecule has 1 aromatic rings. The van der Waals surface area contributed by atoms with Crippen LogP contribution in [0.25, 0.3) is 0 Å². The molecule has 0 saturated carbocycles. The van der Waals surface area contributed by atoms with Gasteiger partial charge in [0.25, 0.3) is 0 Å². The SMILES string of the molecule is Cc1cc(Br)cnc1NC(C)CN. The third kappa shape index (κ3) is 2.97. The molecule has 0 radical (unpaired) electrons. The van der Waals surface area contributed by atoms with Gasteiger partial charge in [-0.15, -0.1) is 0 Å². The van der Waals surface area contributed by atoms with Gasteiger partial charge < -0.3 is 11.1 Å². The molecule has 0 fully saturated rings. The fourth-order valence-corrected chi connectivity index (χ4v) is 1.43. The Bertz CT molecular complexity index is 288. The quantitative estimate of drug-likeness (QED) is 0.853. The Morgan fingerprint density at radius 3 is 2.92 bits per heavy atom. The van der Waals surface area contributed by atoms with Gasteiger partial charge in [0.2, 0.25) is 0 Å². The van der Waals surface area contributed by atoms with Crippen LogP contribution in [-0.2, 0) is 0 Å². The van der Waals surface area contributed by atoms with E-state index in [0.717, 1.165) is 15.9 Å². The van der Waals surface area contributed by atoms with Crippen molar-refractivity contribution in [2.75, 3.05) is 11.9 Å². The summed E-state index contributed by atoms with van der Waals surface area (Å²) in [6.45, 7) is 4.66. The smallest absolute Gasteiger partial charge is 0.129 e. The van der Waals surface area contributed by atoms with Gasteiger partial charge >= 0.3 is 0 Å². The number of anilines is 1. The topological polar surface area (TPSA) is 50.9 Å². The van der Waals surface area contributed by atoms with Crippen molar-refractivity contribution in [3.8, 4) is 0 Å². The van der Waals surface area contributed by atoms with Crippen LogP contribution in [0.15, 0.2) is 16.7 Å². The van der Waals surface area contributed by atoms with E-state index < -0.39 is 0 Å². The molecule has 0 amide bonds. The van der Waals surface area contributed by atoms with Gasteiger partial charge in [0.15, 0.2) is 0 Å². The van der Waals surface area contributed by atoms with E-state index >= 15 is 0 Å². The first-order valence-electron chi connectivity index (χ1n) is 4.22. The number of hydrogen-bond acceptors (Lipinski definition) is 3. The molecule has 4 heteroatoms. The largest absolute Gasteiger partial charge is 0.366 e. The number of hydrogen-bond donors (Lipinski definition) is 2. The zero-order valence-electron chi connectivity index (χ0n) is 7.84. The van der Waals surface area contributed by atoms with Crippen molar-refractivity contribution < 1.29 is 0 Å². The maximum absolute atomic E-state index is 5.50. The monoisotopic (exact) mass is 243 g/mol. The molecular weight excluding hydrogens is 230 g/mol. The second-order valence-electron chi connectivity index (χ2n) is 3.10. The van der Waals surface area contributed by atoms with Crippen molar-refractivity contribution in [1.29, 1.82) is 0 Å². The second kappa shape index (κ2) is 4.58. The highest BCUT2D eigenvalue weighted by Gasteiger charge is 2.03. The summed E-state index contributed by atoms with van der Waals surface area (Å²) in [6, 6.07) is 2.28. The Kier molecular flexibility index (Phi) is 3.69. The Morgan fingerprint density at radius 2 is 2.38 bits per heavy atom. The van der Waals surface area contributed by atoms with Gasteiger partial charge in [-0.3, -0.25) is 0 Å². The molecule has 1 atom stereocenters. The first-order chi connectivity index (χ1) is 6.13. The molecule has 1 heterocycles. The van der Waals surface area contributed by atoms with Crippen molar-refractivity contribution in [3.05, 3.63) is 22.3 Å². The minimum Gasteiger partial charge on any atom is -0.366 e. The zero-order chi connectivity index (χ0) is 9.84. The lowest BCUT2D eigenvalue weighted by atomic mass is 10.2. The highest BCUT2D eigenvalue weighted by molar-refractivity contribution is 9.10. The molecule has 1 rings (SSSR count). The van der Waals surface area contributed by atoms with E-state index in [-0.39, 0.29) is 6.04 Å². The van der Waals surface area contributed by atoms with Gasteiger partial charge in [-0.25, -0.2) is 4.98 Å². The van der Waals surface area contributed by atoms with Crippen molar-refractivity contribution >= 4 is 21.7 Å². The fourth-order valence-electron chi connectivity index (χ4n) is 0.984. The summed E-state index contributed by atoms with van der Waals surface area (Å²) in [4.78, 5) is 4.25. The molecule has 0 saturated heterocycles. The van der Waals surface area contributed by atoms with Gasteiger partial charge in [0, 0.05) is 23.3 Å². The molecule has 72 valence electrons. The first-order valence-corrected chi connectivity index (χ1v) is 5.01. The molecule has 0 aromatic carbocycles. The number of nitrogens with two attached hydrogens (primary N) is 1. The minimum absolute atomic E-state index is 0.257. The van der Waals surface area contributed by atoms with Crippen LogP contribution in [0, 0.1) is 6.92 Å². The van der Waals surface area contributed by atoms with Crippen LogP contribution in [0.4, 0.5) is 5.82 Å². The van der Waals surface area contributed by atoms with Crippen molar-refractivity contribution in [2.45, 2.75) is 19.9 Å². The van der Waals surface area contributed by atoms with Gasteiger partial charge in [0.05, 0.1) is 0 Å². The molecule has 3 N–H and O–H groups in total. The Hall–Kier alpha value is -0.610. The predicted molar refractivity (Wildman–Crippen MR) is 58.8 cm³/mol. The van der Waals surface area contributed by atoms with Crippen LogP contribution in [0.5, 0.6) is 0 Å². The molecule has 0 bridgehead atoms. The van der Waals surface area contributed by atoms with Crippen LogP contribution in [0.2, 0.25) is 0 Å². The van der Waals surface area contributed by atoms with Gasteiger partial charge in [-0.2, -0.15) is 0 Å². The number of nitrogens with zero attached hydrogens (tertiary/aromatic N) is 1. The van der Waals surface area contributed by atoms with Crippen LogP contribution < -0.4 is 11.1 Å². The third-order valence-corrected chi connectivity index (χ3v) is 2.22. The summed E-state index contributed by atoms with van der Waals surface area (Å²) in [5, 5.41) is 3.23. The molecule has 0 aliphatic carbocycles. The molecule has 1 unspecified atom stereocenters. The standard InChI is InChI=1S/C9H14BrN3/c1-6-3-8(10)5-12-9(6)13-7(2)4-11/h3,5,7H,4,11H2,1-2H3,(H,12,13). The third-order valence-electron chi connectivity index (χ3n) is 1.78. The molecule has 1 aromatic heterocycles. The Balaban J connectivity index is 2.77. The van der Waals surface area contributed by atoms with E-state index in [0.29, 0.717) is 6.54 Å². The van der Waals surface area contributed by atoms with Crippen LogP contribution in [0.1, 0.15) is 12.5 Å². The van der Waals surface area contributed by atoms with E-state index in [1.54, 1.807) is 6.20 Å². The van der Waals surface area contributed by atoms with Crippen LogP contribution in [0.3, 0.4) is 0 Å². The summed E-state index contributed by atoms with van der Waals surface area (Å²) in [6.07, 6.45) is 1.78. The lowest BCUT2D eigenvalue weighted by molar-refractivity contribution is 0.796. The summed E-state index contributed by atoms with van der Waals surface area (Å²) in [5.41, 5.74) is 6.62. The highest BCUT2D eigenvalue weighted by Crippen LogP contribution is 2.16. The zero-order valence-corrected chi connectivity index (χ0v) is 9.43. The molecule has 3 nitrogen and oxygen atoms in total. The lowest BCUT2D eigenvalue weighted by Gasteiger charge is -2.13. The number of rotatable bonds is 3. The lowest BCUT2D eigenvalue weighted by Crippen LogP contribution is -2.26. The van der Waals surface area contributed by atoms with E-state index in [1.165, 1.54) is 0 Å². The number of aryl methyl sites for hydroxylation is 1. The predicted octanol–water partition coefficient (Wildman–Crippen LogP) is 1.91. The number of aromatic nitrogens is 1. The summed E-state index contributed by atoms with van der Waals surface area (Å²) in [7, 11) is 0. The van der Waals surface area contributed by atoms with E-state index in [1.807, 2.05) is 19.9 Å². The average molecular weight is 244 g/mol. The first kappa shape index (κ1) is 10.5. The summed E-state index contributed by atoms with van der Waals surface area (Å²) in [5.74, 6) is 0.904. The Labute approximate surface area is 86.9 Å². The van der Waals surface area contributed by atoms with Crippen molar-refractivity contribution in [3.63, 3.8) is 0 Å². The number of pyridine rings is 1. The maximum Gasteiger partial charge on any atom is 0.129 e. The summed E-state index contributed by atoms with van der Waals surface area (Å²) >= 11 is 3.36. The summed E-state index contributed by atoms with van der Waals surface area (Å²) < 4.78 is 0.996. The molecule has 13 heavy (non-hydrogen) atoms. The number of nitrogens with one attached hydrogen (secondary N) is 1. The average Bonchev–Trinajstić information content (AvgIpc) is 2.09. The Morgan fingerprint density at radius 1 is 1.69 bits per heavy atom. The second-order valence-corrected chi connectivity index (χ2v) is 4.02. The van der Waals surface area contributed by atoms with E-state index in [9.17, 15) is 0 Å². The van der Waals surface area contributed by atoms with Crippen LogP contribution >= 0.6 is 15.9 Å². The van der Waals surface area contributed by atoms with Gasteiger partial charge in [-0.1, -0.05) is 0 Å². The maximum atomic E-state index is 5.50.